The van der Waals surface area contributed by atoms with Crippen molar-refractivity contribution in [3.05, 3.63) is 29.3 Å². The smallest absolute Gasteiger partial charge is 0.251 e. The van der Waals surface area contributed by atoms with E-state index in [4.69, 9.17) is 5.73 Å². The number of hydrogen-bond donors (Lipinski definition) is 2. The lowest BCUT2D eigenvalue weighted by molar-refractivity contribution is 0.0953. The molecule has 0 bridgehead atoms. The summed E-state index contributed by atoms with van der Waals surface area (Å²) in [7, 11) is -3.27. The van der Waals surface area contributed by atoms with E-state index in [-0.39, 0.29) is 18.3 Å². The molecule has 1 amide bonds. The molecule has 0 atom stereocenters. The van der Waals surface area contributed by atoms with E-state index in [1.54, 1.807) is 18.2 Å². The van der Waals surface area contributed by atoms with Gasteiger partial charge in [0.2, 0.25) is 10.0 Å². The predicted octanol–water partition coefficient (Wildman–Crippen LogP) is 0.899. The normalized spacial score (nSPS) is 14.0. The number of nitrogens with two attached hydrogens (primary N) is 1. The lowest BCUT2D eigenvalue weighted by atomic mass is 10.0. The fraction of sp³-hybridized carbons (Fsp3) is 0.500. The Hall–Kier alpha value is -1.31. The standard InChI is InChI=1S/C14H21N3O3S.ClH/c1-21(19,20)17-9-2-4-11-10-12(5-6-13(11)17)14(18)16-8-3-7-15;/h5-6,10H,2-4,7-9,15H2,1H3,(H,16,18);1H. The summed E-state index contributed by atoms with van der Waals surface area (Å²) in [5.41, 5.74) is 7.53. The number of carbonyl (C=O) groups excluding carboxylic acids is 1. The Morgan fingerprint density at radius 1 is 1.41 bits per heavy atom. The average molecular weight is 348 g/mol. The molecule has 22 heavy (non-hydrogen) atoms. The minimum atomic E-state index is -3.27. The van der Waals surface area contributed by atoms with Crippen molar-refractivity contribution >= 4 is 34.0 Å². The molecule has 2 rings (SSSR count). The number of anilines is 1. The summed E-state index contributed by atoms with van der Waals surface area (Å²) in [6.07, 6.45) is 3.48. The van der Waals surface area contributed by atoms with Crippen molar-refractivity contribution in [2.24, 2.45) is 5.73 Å². The van der Waals surface area contributed by atoms with E-state index >= 15 is 0 Å². The van der Waals surface area contributed by atoms with E-state index in [0.29, 0.717) is 30.9 Å². The fourth-order valence-electron chi connectivity index (χ4n) is 2.45. The number of aryl methyl sites for hydroxylation is 1. The molecule has 1 aliphatic rings. The van der Waals surface area contributed by atoms with Gasteiger partial charge in [-0.05, 0) is 49.6 Å². The number of fused-ring (bicyclic) bond motifs is 1. The zero-order valence-corrected chi connectivity index (χ0v) is 14.2. The molecule has 0 saturated heterocycles. The molecule has 0 fully saturated rings. The summed E-state index contributed by atoms with van der Waals surface area (Å²) >= 11 is 0. The first-order valence-corrected chi connectivity index (χ1v) is 8.87. The lowest BCUT2D eigenvalue weighted by Crippen LogP contribution is -2.34. The first-order valence-electron chi connectivity index (χ1n) is 7.02. The highest BCUT2D eigenvalue weighted by molar-refractivity contribution is 7.92. The zero-order valence-electron chi connectivity index (χ0n) is 12.5. The number of hydrogen-bond acceptors (Lipinski definition) is 4. The monoisotopic (exact) mass is 347 g/mol. The third-order valence-electron chi connectivity index (χ3n) is 3.48. The van der Waals surface area contributed by atoms with Gasteiger partial charge in [0.25, 0.3) is 5.91 Å². The second kappa shape index (κ2) is 7.80. The molecular weight excluding hydrogens is 326 g/mol. The lowest BCUT2D eigenvalue weighted by Gasteiger charge is -2.29. The minimum Gasteiger partial charge on any atom is -0.352 e. The maximum Gasteiger partial charge on any atom is 0.251 e. The number of carbonyl (C=O) groups is 1. The van der Waals surface area contributed by atoms with Gasteiger partial charge < -0.3 is 11.1 Å². The maximum atomic E-state index is 12.0. The van der Waals surface area contributed by atoms with Gasteiger partial charge >= 0.3 is 0 Å². The third kappa shape index (κ3) is 4.34. The highest BCUT2D eigenvalue weighted by atomic mass is 35.5. The van der Waals surface area contributed by atoms with E-state index in [1.807, 2.05) is 0 Å². The van der Waals surface area contributed by atoms with Crippen LogP contribution >= 0.6 is 12.4 Å². The molecule has 1 aliphatic heterocycles. The molecule has 0 aromatic heterocycles. The highest BCUT2D eigenvalue weighted by Crippen LogP contribution is 2.29. The molecule has 1 heterocycles. The van der Waals surface area contributed by atoms with Crippen molar-refractivity contribution in [2.75, 3.05) is 30.2 Å². The van der Waals surface area contributed by atoms with Crippen LogP contribution in [0.1, 0.15) is 28.8 Å². The van der Waals surface area contributed by atoms with Crippen LogP contribution < -0.4 is 15.4 Å². The number of sulfonamides is 1. The molecule has 6 nitrogen and oxygen atoms in total. The molecule has 1 aromatic carbocycles. The van der Waals surface area contributed by atoms with Crippen molar-refractivity contribution in [3.8, 4) is 0 Å². The van der Waals surface area contributed by atoms with Gasteiger partial charge in [-0.2, -0.15) is 0 Å². The average Bonchev–Trinajstić information content (AvgIpc) is 2.45. The maximum absolute atomic E-state index is 12.0. The van der Waals surface area contributed by atoms with Crippen LogP contribution in [0.4, 0.5) is 5.69 Å². The van der Waals surface area contributed by atoms with Crippen LogP contribution in [0.2, 0.25) is 0 Å². The van der Waals surface area contributed by atoms with E-state index in [9.17, 15) is 13.2 Å². The summed E-state index contributed by atoms with van der Waals surface area (Å²) in [5.74, 6) is -0.150. The van der Waals surface area contributed by atoms with Crippen LogP contribution in [0.25, 0.3) is 0 Å². The first kappa shape index (κ1) is 18.7. The van der Waals surface area contributed by atoms with Gasteiger partial charge in [-0.1, -0.05) is 0 Å². The van der Waals surface area contributed by atoms with Crippen LogP contribution in [-0.2, 0) is 16.4 Å². The van der Waals surface area contributed by atoms with Crippen LogP contribution in [0, 0.1) is 0 Å². The topological polar surface area (TPSA) is 92.5 Å². The van der Waals surface area contributed by atoms with Crippen molar-refractivity contribution in [3.63, 3.8) is 0 Å². The first-order chi connectivity index (χ1) is 9.93. The summed E-state index contributed by atoms with van der Waals surface area (Å²) in [6.45, 7) is 1.57. The van der Waals surface area contributed by atoms with Gasteiger partial charge in [-0.3, -0.25) is 9.10 Å². The van der Waals surface area contributed by atoms with Crippen molar-refractivity contribution in [1.29, 1.82) is 0 Å². The Kier molecular flexibility index (Phi) is 6.65. The van der Waals surface area contributed by atoms with E-state index in [0.717, 1.165) is 24.8 Å². The number of benzene rings is 1. The summed E-state index contributed by atoms with van der Waals surface area (Å²) in [4.78, 5) is 12.0. The fourth-order valence-corrected chi connectivity index (χ4v) is 3.45. The van der Waals surface area contributed by atoms with Crippen LogP contribution in [0.5, 0.6) is 0 Å². The van der Waals surface area contributed by atoms with Gasteiger partial charge in [0.05, 0.1) is 11.9 Å². The molecule has 124 valence electrons. The van der Waals surface area contributed by atoms with E-state index in [1.165, 1.54) is 10.6 Å². The van der Waals surface area contributed by atoms with Gasteiger partial charge in [-0.25, -0.2) is 8.42 Å². The summed E-state index contributed by atoms with van der Waals surface area (Å²) < 4.78 is 25.0. The number of halogens is 1. The van der Waals surface area contributed by atoms with E-state index < -0.39 is 10.0 Å². The summed E-state index contributed by atoms with van der Waals surface area (Å²) in [5, 5.41) is 2.80. The minimum absolute atomic E-state index is 0. The third-order valence-corrected chi connectivity index (χ3v) is 4.66. The van der Waals surface area contributed by atoms with Gasteiger partial charge in [0.15, 0.2) is 0 Å². The molecular formula is C14H22ClN3O3S. The number of rotatable bonds is 5. The van der Waals surface area contributed by atoms with Crippen molar-refractivity contribution < 1.29 is 13.2 Å². The molecule has 0 spiro atoms. The van der Waals surface area contributed by atoms with Gasteiger partial charge in [0, 0.05) is 18.7 Å². The van der Waals surface area contributed by atoms with Gasteiger partial charge in [0.1, 0.15) is 0 Å². The number of amides is 1. The van der Waals surface area contributed by atoms with Crippen molar-refractivity contribution in [1.82, 2.24) is 5.32 Å². The molecule has 0 unspecified atom stereocenters. The molecule has 0 radical (unpaired) electrons. The summed E-state index contributed by atoms with van der Waals surface area (Å²) in [6, 6.07) is 5.16. The Bertz CT molecular complexity index is 634. The Morgan fingerprint density at radius 2 is 2.14 bits per heavy atom. The van der Waals surface area contributed by atoms with Crippen LogP contribution in [0.15, 0.2) is 18.2 Å². The van der Waals surface area contributed by atoms with E-state index in [2.05, 4.69) is 5.32 Å². The zero-order chi connectivity index (χ0) is 15.5. The Labute approximate surface area is 137 Å². The second-order valence-electron chi connectivity index (χ2n) is 5.18. The molecule has 0 saturated carbocycles. The molecule has 8 heteroatoms. The molecule has 3 N–H and O–H groups in total. The largest absolute Gasteiger partial charge is 0.352 e. The van der Waals surface area contributed by atoms with Crippen molar-refractivity contribution in [2.45, 2.75) is 19.3 Å². The van der Waals surface area contributed by atoms with Crippen LogP contribution in [0.3, 0.4) is 0 Å². The van der Waals surface area contributed by atoms with Gasteiger partial charge in [-0.15, -0.1) is 12.4 Å². The Morgan fingerprint density at radius 3 is 2.77 bits per heavy atom. The Balaban J connectivity index is 0.00000242. The quantitative estimate of drug-likeness (QED) is 0.774. The number of nitrogens with zero attached hydrogens (tertiary/aromatic N) is 1. The molecule has 0 aliphatic carbocycles. The van der Waals surface area contributed by atoms with Crippen LogP contribution in [-0.4, -0.2) is 40.2 Å². The second-order valence-corrected chi connectivity index (χ2v) is 7.09. The number of nitrogens with one attached hydrogen (secondary N) is 1. The molecule has 1 aromatic rings. The predicted molar refractivity (Wildman–Crippen MR) is 90.2 cm³/mol. The SMILES string of the molecule is CS(=O)(=O)N1CCCc2cc(C(=O)NCCCN)ccc21.Cl. The highest BCUT2D eigenvalue weighted by Gasteiger charge is 2.24.